The van der Waals surface area contributed by atoms with Crippen LogP contribution in [-0.2, 0) is 4.79 Å². The van der Waals surface area contributed by atoms with Crippen LogP contribution >= 0.6 is 0 Å². The van der Waals surface area contributed by atoms with Gasteiger partial charge in [0.05, 0.1) is 22.8 Å². The number of aliphatic carboxylic acids is 1. The van der Waals surface area contributed by atoms with Crippen molar-refractivity contribution in [3.63, 3.8) is 0 Å². The van der Waals surface area contributed by atoms with Crippen LogP contribution in [0.2, 0.25) is 0 Å². The molecule has 0 radical (unpaired) electrons. The zero-order chi connectivity index (χ0) is 25.9. The molecule has 0 bridgehead atoms. The van der Waals surface area contributed by atoms with Crippen molar-refractivity contribution >= 4 is 5.97 Å². The summed E-state index contributed by atoms with van der Waals surface area (Å²) in [5.74, 6) is -1.07. The molecule has 0 saturated heterocycles. The number of carboxylic acid groups (broad SMARTS) is 1. The van der Waals surface area contributed by atoms with Crippen molar-refractivity contribution in [1.82, 2.24) is 19.6 Å². The molecule has 0 fully saturated rings. The van der Waals surface area contributed by atoms with Crippen molar-refractivity contribution in [2.45, 2.75) is 6.17 Å². The van der Waals surface area contributed by atoms with Gasteiger partial charge in [0, 0.05) is 11.1 Å². The minimum Gasteiger partial charge on any atom is -0.478 e. The first-order valence-electron chi connectivity index (χ1n) is 12.3. The van der Waals surface area contributed by atoms with Gasteiger partial charge in [0.25, 0.3) is 0 Å². The molecular weight excluding hydrogens is 472 g/mol. The maximum atomic E-state index is 13.0. The maximum Gasteiger partial charge on any atom is 0.351 e. The van der Waals surface area contributed by atoms with Crippen LogP contribution < -0.4 is 0 Å². The molecule has 2 aromatic heterocycles. The summed E-state index contributed by atoms with van der Waals surface area (Å²) in [6, 6.07) is 42.8. The second kappa shape index (κ2) is 10.0. The van der Waals surface area contributed by atoms with E-state index in [4.69, 9.17) is 10.2 Å². The quantitative estimate of drug-likeness (QED) is 0.261. The van der Waals surface area contributed by atoms with E-state index >= 15 is 0 Å². The van der Waals surface area contributed by atoms with E-state index in [-0.39, 0.29) is 0 Å². The lowest BCUT2D eigenvalue weighted by Crippen LogP contribution is -2.29. The largest absolute Gasteiger partial charge is 0.478 e. The van der Waals surface area contributed by atoms with Gasteiger partial charge >= 0.3 is 5.97 Å². The highest BCUT2D eigenvalue weighted by atomic mass is 16.4. The number of nitrogens with zero attached hydrogens (tertiary/aromatic N) is 4. The third-order valence-corrected chi connectivity index (χ3v) is 6.43. The van der Waals surface area contributed by atoms with Gasteiger partial charge in [0.1, 0.15) is 0 Å². The van der Waals surface area contributed by atoms with Crippen LogP contribution in [0.1, 0.15) is 6.17 Å². The topological polar surface area (TPSA) is 72.9 Å². The molecule has 6 heteroatoms. The Morgan fingerprint density at radius 1 is 0.526 bits per heavy atom. The van der Waals surface area contributed by atoms with Crippen molar-refractivity contribution in [2.24, 2.45) is 0 Å². The van der Waals surface area contributed by atoms with Crippen molar-refractivity contribution in [3.8, 4) is 45.0 Å². The Hall–Kier alpha value is -5.23. The van der Waals surface area contributed by atoms with E-state index in [1.165, 1.54) is 0 Å². The van der Waals surface area contributed by atoms with Crippen LogP contribution in [0, 0.1) is 0 Å². The Bertz CT molecular complexity index is 1550. The molecule has 0 saturated carbocycles. The Morgan fingerprint density at radius 2 is 0.842 bits per heavy atom. The van der Waals surface area contributed by atoms with Crippen LogP contribution in [0.3, 0.4) is 0 Å². The smallest absolute Gasteiger partial charge is 0.351 e. The molecule has 0 atom stereocenters. The molecule has 6 aromatic rings. The van der Waals surface area contributed by atoms with Gasteiger partial charge in [-0.2, -0.15) is 10.2 Å². The molecule has 6 nitrogen and oxygen atoms in total. The second-order valence-electron chi connectivity index (χ2n) is 8.89. The van der Waals surface area contributed by atoms with E-state index in [1.807, 2.05) is 133 Å². The summed E-state index contributed by atoms with van der Waals surface area (Å²) < 4.78 is 3.13. The van der Waals surface area contributed by atoms with Gasteiger partial charge in [-0.3, -0.25) is 0 Å². The molecule has 2 heterocycles. The average molecular weight is 497 g/mol. The SMILES string of the molecule is O=C(O)C(n1nc(-c2ccccc2)cc1-c1ccccc1)n1nc(-c2ccccc2)cc1-c1ccccc1. The Kier molecular flexibility index (Phi) is 6.12. The van der Waals surface area contributed by atoms with E-state index in [9.17, 15) is 9.90 Å². The standard InChI is InChI=1S/C32H24N4O2/c37-32(38)31(35-29(25-17-9-3-10-18-25)21-27(33-35)23-13-5-1-6-14-23)36-30(26-19-11-4-12-20-26)22-28(34-36)24-15-7-2-8-16-24/h1-22,31H,(H,37,38). The van der Waals surface area contributed by atoms with Crippen molar-refractivity contribution < 1.29 is 9.90 Å². The van der Waals surface area contributed by atoms with Crippen molar-refractivity contribution in [2.75, 3.05) is 0 Å². The van der Waals surface area contributed by atoms with E-state index < -0.39 is 12.1 Å². The van der Waals surface area contributed by atoms with Crippen LogP contribution in [0.5, 0.6) is 0 Å². The van der Waals surface area contributed by atoms with Crippen molar-refractivity contribution in [3.05, 3.63) is 133 Å². The number of carboxylic acids is 1. The number of hydrogen-bond donors (Lipinski definition) is 1. The van der Waals surface area contributed by atoms with Crippen LogP contribution in [0.4, 0.5) is 0 Å². The van der Waals surface area contributed by atoms with E-state index in [1.54, 1.807) is 9.36 Å². The highest BCUT2D eigenvalue weighted by molar-refractivity contribution is 5.78. The van der Waals surface area contributed by atoms with Gasteiger partial charge in [-0.05, 0) is 23.3 Å². The summed E-state index contributed by atoms with van der Waals surface area (Å²) in [4.78, 5) is 13.0. The van der Waals surface area contributed by atoms with Gasteiger partial charge in [-0.15, -0.1) is 0 Å². The Labute approximate surface area is 220 Å². The highest BCUT2D eigenvalue weighted by Crippen LogP contribution is 2.33. The molecule has 0 amide bonds. The molecule has 0 unspecified atom stereocenters. The van der Waals surface area contributed by atoms with Crippen LogP contribution in [-0.4, -0.2) is 30.6 Å². The van der Waals surface area contributed by atoms with Gasteiger partial charge in [0.15, 0.2) is 0 Å². The van der Waals surface area contributed by atoms with Crippen molar-refractivity contribution in [1.29, 1.82) is 0 Å². The van der Waals surface area contributed by atoms with Crippen LogP contribution in [0.15, 0.2) is 133 Å². The lowest BCUT2D eigenvalue weighted by Gasteiger charge is -2.19. The van der Waals surface area contributed by atoms with Gasteiger partial charge < -0.3 is 5.11 Å². The number of hydrogen-bond acceptors (Lipinski definition) is 3. The molecule has 0 aliphatic rings. The monoisotopic (exact) mass is 496 g/mol. The Balaban J connectivity index is 1.59. The summed E-state index contributed by atoms with van der Waals surface area (Å²) in [6.07, 6.45) is -1.23. The Morgan fingerprint density at radius 3 is 1.16 bits per heavy atom. The fourth-order valence-corrected chi connectivity index (χ4v) is 4.62. The number of aromatic nitrogens is 4. The van der Waals surface area contributed by atoms with Gasteiger partial charge in [-0.1, -0.05) is 121 Å². The zero-order valence-corrected chi connectivity index (χ0v) is 20.4. The fraction of sp³-hybridized carbons (Fsp3) is 0.0312. The van der Waals surface area contributed by atoms with Gasteiger partial charge in [-0.25, -0.2) is 14.2 Å². The minimum atomic E-state index is -1.23. The number of benzene rings is 4. The zero-order valence-electron chi connectivity index (χ0n) is 20.4. The summed E-state index contributed by atoms with van der Waals surface area (Å²) >= 11 is 0. The van der Waals surface area contributed by atoms with E-state index in [2.05, 4.69) is 0 Å². The first kappa shape index (κ1) is 23.2. The van der Waals surface area contributed by atoms with Crippen LogP contribution in [0.25, 0.3) is 45.0 Å². The molecule has 0 spiro atoms. The maximum absolute atomic E-state index is 13.0. The number of rotatable bonds is 7. The second-order valence-corrected chi connectivity index (χ2v) is 8.89. The first-order valence-corrected chi connectivity index (χ1v) is 12.3. The summed E-state index contributed by atoms with van der Waals surface area (Å²) in [5, 5.41) is 20.4. The molecule has 0 aliphatic heterocycles. The molecule has 184 valence electrons. The third kappa shape index (κ3) is 4.40. The van der Waals surface area contributed by atoms with E-state index in [0.717, 1.165) is 22.3 Å². The highest BCUT2D eigenvalue weighted by Gasteiger charge is 2.30. The average Bonchev–Trinajstić information content (AvgIpc) is 3.61. The molecule has 6 rings (SSSR count). The van der Waals surface area contributed by atoms with E-state index in [0.29, 0.717) is 22.8 Å². The summed E-state index contributed by atoms with van der Waals surface area (Å²) in [7, 11) is 0. The predicted octanol–water partition coefficient (Wildman–Crippen LogP) is 6.88. The predicted molar refractivity (Wildman–Crippen MR) is 148 cm³/mol. The lowest BCUT2D eigenvalue weighted by atomic mass is 10.1. The lowest BCUT2D eigenvalue weighted by molar-refractivity contribution is -0.142. The molecule has 4 aromatic carbocycles. The summed E-state index contributed by atoms with van der Waals surface area (Å²) in [5.41, 5.74) is 6.29. The third-order valence-electron chi connectivity index (χ3n) is 6.43. The molecule has 1 N–H and O–H groups in total. The minimum absolute atomic E-state index is 0.687. The van der Waals surface area contributed by atoms with Gasteiger partial charge in [0.2, 0.25) is 6.17 Å². The molecule has 0 aliphatic carbocycles. The molecule has 38 heavy (non-hydrogen) atoms. The fourth-order valence-electron chi connectivity index (χ4n) is 4.62. The first-order chi connectivity index (χ1) is 18.7. The summed E-state index contributed by atoms with van der Waals surface area (Å²) in [6.45, 7) is 0. The number of carbonyl (C=O) groups is 1. The normalized spacial score (nSPS) is 11.1. The molecular formula is C32H24N4O2.